The number of aliphatic hydroxyl groups excluding tert-OH is 1. The molecule has 7 nitrogen and oxygen atoms in total. The molecule has 2 rings (SSSR count). The van der Waals surface area contributed by atoms with E-state index in [1.807, 2.05) is 11.8 Å². The average Bonchev–Trinajstić information content (AvgIpc) is 2.47. The Labute approximate surface area is 130 Å². The molecule has 0 saturated carbocycles. The Morgan fingerprint density at radius 1 is 1.55 bits per heavy atom. The van der Waals surface area contributed by atoms with Gasteiger partial charge in [0.2, 0.25) is 5.88 Å². The Hall–Kier alpha value is -1.86. The zero-order chi connectivity index (χ0) is 16.1. The van der Waals surface area contributed by atoms with Crippen LogP contribution in [0.25, 0.3) is 0 Å². The van der Waals surface area contributed by atoms with Crippen LogP contribution in [0.1, 0.15) is 13.8 Å². The quantitative estimate of drug-likeness (QED) is 0.868. The first-order valence-corrected chi connectivity index (χ1v) is 7.47. The Balaban J connectivity index is 1.89. The van der Waals surface area contributed by atoms with Crippen molar-refractivity contribution in [2.24, 2.45) is 0 Å². The van der Waals surface area contributed by atoms with Crippen molar-refractivity contribution in [1.29, 1.82) is 0 Å². The summed E-state index contributed by atoms with van der Waals surface area (Å²) in [6.45, 7) is 6.61. The SMILES string of the molecule is COc1ccc(NC(=O)N2CCN(C[C@H](C)O)C[C@H]2C)cn1. The second-order valence-electron chi connectivity index (χ2n) is 5.67. The zero-order valence-corrected chi connectivity index (χ0v) is 13.3. The van der Waals surface area contributed by atoms with Gasteiger partial charge in [0.05, 0.1) is 25.1 Å². The molecule has 2 heterocycles. The molecule has 1 aromatic heterocycles. The van der Waals surface area contributed by atoms with Crippen molar-refractivity contribution in [2.45, 2.75) is 26.0 Å². The third-order valence-electron chi connectivity index (χ3n) is 3.69. The Bertz CT molecular complexity index is 492. The lowest BCUT2D eigenvalue weighted by atomic mass is 10.2. The lowest BCUT2D eigenvalue weighted by molar-refractivity contribution is 0.0692. The van der Waals surface area contributed by atoms with E-state index in [2.05, 4.69) is 15.2 Å². The summed E-state index contributed by atoms with van der Waals surface area (Å²) in [5, 5.41) is 12.3. The summed E-state index contributed by atoms with van der Waals surface area (Å²) in [6, 6.07) is 3.44. The molecule has 0 aromatic carbocycles. The molecule has 1 saturated heterocycles. The normalized spacial score (nSPS) is 20.5. The summed E-state index contributed by atoms with van der Waals surface area (Å²) < 4.78 is 4.99. The first kappa shape index (κ1) is 16.5. The predicted octanol–water partition coefficient (Wildman–Crippen LogP) is 1.01. The van der Waals surface area contributed by atoms with Crippen LogP contribution in [0.3, 0.4) is 0 Å². The molecule has 0 radical (unpaired) electrons. The van der Waals surface area contributed by atoms with Crippen LogP contribution in [0.4, 0.5) is 10.5 Å². The molecule has 7 heteroatoms. The number of piperazine rings is 1. The van der Waals surface area contributed by atoms with Gasteiger partial charge < -0.3 is 20.1 Å². The number of urea groups is 1. The minimum Gasteiger partial charge on any atom is -0.481 e. The van der Waals surface area contributed by atoms with Crippen molar-refractivity contribution in [2.75, 3.05) is 38.6 Å². The van der Waals surface area contributed by atoms with E-state index < -0.39 is 0 Å². The number of hydrogen-bond donors (Lipinski definition) is 2. The molecule has 0 unspecified atom stereocenters. The molecule has 22 heavy (non-hydrogen) atoms. The minimum atomic E-state index is -0.349. The summed E-state index contributed by atoms with van der Waals surface area (Å²) in [5.41, 5.74) is 0.643. The van der Waals surface area contributed by atoms with Gasteiger partial charge in [-0.25, -0.2) is 9.78 Å². The van der Waals surface area contributed by atoms with Crippen LogP contribution in [0.2, 0.25) is 0 Å². The van der Waals surface area contributed by atoms with Gasteiger partial charge in [-0.1, -0.05) is 0 Å². The molecule has 1 aliphatic rings. The number of β-amino-alcohol motifs (C(OH)–C–C–N with tert-alkyl or cyclic N) is 1. The fraction of sp³-hybridized carbons (Fsp3) is 0.600. The summed E-state index contributed by atoms with van der Waals surface area (Å²) in [7, 11) is 1.55. The van der Waals surface area contributed by atoms with E-state index in [0.717, 1.165) is 13.1 Å². The van der Waals surface area contributed by atoms with Gasteiger partial charge >= 0.3 is 6.03 Å². The number of amides is 2. The number of nitrogens with one attached hydrogen (secondary N) is 1. The van der Waals surface area contributed by atoms with Gasteiger partial charge in [0.1, 0.15) is 0 Å². The van der Waals surface area contributed by atoms with Crippen LogP contribution in [0.5, 0.6) is 5.88 Å². The molecular weight excluding hydrogens is 284 g/mol. The lowest BCUT2D eigenvalue weighted by Gasteiger charge is -2.40. The summed E-state index contributed by atoms with van der Waals surface area (Å²) in [6.07, 6.45) is 1.23. The molecular formula is C15H24N4O3. The number of anilines is 1. The molecule has 1 fully saturated rings. The second kappa shape index (κ2) is 7.42. The minimum absolute atomic E-state index is 0.0960. The molecule has 1 aromatic rings. The number of pyridine rings is 1. The largest absolute Gasteiger partial charge is 0.481 e. The number of methoxy groups -OCH3 is 1. The molecule has 0 bridgehead atoms. The lowest BCUT2D eigenvalue weighted by Crippen LogP contribution is -2.56. The third kappa shape index (κ3) is 4.32. The molecule has 0 aliphatic carbocycles. The maximum absolute atomic E-state index is 12.3. The smallest absolute Gasteiger partial charge is 0.322 e. The molecule has 0 spiro atoms. The van der Waals surface area contributed by atoms with Crippen molar-refractivity contribution in [1.82, 2.24) is 14.8 Å². The van der Waals surface area contributed by atoms with Crippen LogP contribution in [0, 0.1) is 0 Å². The first-order chi connectivity index (χ1) is 10.5. The van der Waals surface area contributed by atoms with Crippen molar-refractivity contribution in [3.8, 4) is 5.88 Å². The fourth-order valence-electron chi connectivity index (χ4n) is 2.64. The number of aromatic nitrogens is 1. The number of nitrogens with zero attached hydrogens (tertiary/aromatic N) is 3. The van der Waals surface area contributed by atoms with Gasteiger partial charge in [0.25, 0.3) is 0 Å². The first-order valence-electron chi connectivity index (χ1n) is 7.47. The van der Waals surface area contributed by atoms with Crippen LogP contribution in [-0.2, 0) is 0 Å². The Morgan fingerprint density at radius 2 is 2.32 bits per heavy atom. The number of ether oxygens (including phenoxy) is 1. The zero-order valence-electron chi connectivity index (χ0n) is 13.3. The van der Waals surface area contributed by atoms with E-state index in [1.165, 1.54) is 0 Å². The van der Waals surface area contributed by atoms with Crippen LogP contribution in [-0.4, -0.2) is 71.4 Å². The van der Waals surface area contributed by atoms with E-state index in [0.29, 0.717) is 24.7 Å². The van der Waals surface area contributed by atoms with E-state index in [9.17, 15) is 9.90 Å². The van der Waals surface area contributed by atoms with Crippen LogP contribution >= 0.6 is 0 Å². The molecule has 2 amide bonds. The maximum Gasteiger partial charge on any atom is 0.322 e. The van der Waals surface area contributed by atoms with Crippen LogP contribution in [0.15, 0.2) is 18.3 Å². The molecule has 1 aliphatic heterocycles. The third-order valence-corrected chi connectivity index (χ3v) is 3.69. The van der Waals surface area contributed by atoms with Crippen molar-refractivity contribution >= 4 is 11.7 Å². The number of carbonyl (C=O) groups excluding carboxylic acids is 1. The van der Waals surface area contributed by atoms with E-state index in [-0.39, 0.29) is 18.2 Å². The number of carbonyl (C=O) groups is 1. The molecule has 2 atom stereocenters. The number of aliphatic hydroxyl groups is 1. The molecule has 122 valence electrons. The van der Waals surface area contributed by atoms with Crippen molar-refractivity contribution < 1.29 is 14.6 Å². The van der Waals surface area contributed by atoms with Gasteiger partial charge in [-0.05, 0) is 19.9 Å². The van der Waals surface area contributed by atoms with E-state index >= 15 is 0 Å². The van der Waals surface area contributed by atoms with Gasteiger partial charge in [0.15, 0.2) is 0 Å². The average molecular weight is 308 g/mol. The topological polar surface area (TPSA) is 77.9 Å². The van der Waals surface area contributed by atoms with E-state index in [1.54, 1.807) is 32.4 Å². The Morgan fingerprint density at radius 3 is 2.86 bits per heavy atom. The highest BCUT2D eigenvalue weighted by Gasteiger charge is 2.27. The second-order valence-corrected chi connectivity index (χ2v) is 5.67. The number of rotatable bonds is 4. The van der Waals surface area contributed by atoms with E-state index in [4.69, 9.17) is 4.74 Å². The van der Waals surface area contributed by atoms with Gasteiger partial charge in [-0.15, -0.1) is 0 Å². The molecule has 2 N–H and O–H groups in total. The standard InChI is InChI=1S/C15H24N4O3/c1-11-9-18(10-12(2)20)6-7-19(11)15(21)17-13-4-5-14(22-3)16-8-13/h4-5,8,11-12,20H,6-7,9-10H2,1-3H3,(H,17,21)/t11-,12+/m1/s1. The number of hydrogen-bond acceptors (Lipinski definition) is 5. The monoisotopic (exact) mass is 308 g/mol. The van der Waals surface area contributed by atoms with Gasteiger partial charge in [-0.2, -0.15) is 0 Å². The predicted molar refractivity (Wildman–Crippen MR) is 84.1 cm³/mol. The maximum atomic E-state index is 12.3. The highest BCUT2D eigenvalue weighted by molar-refractivity contribution is 5.89. The Kier molecular flexibility index (Phi) is 5.57. The summed E-state index contributed by atoms with van der Waals surface area (Å²) >= 11 is 0. The van der Waals surface area contributed by atoms with Crippen molar-refractivity contribution in [3.05, 3.63) is 18.3 Å². The highest BCUT2D eigenvalue weighted by Crippen LogP contribution is 2.15. The van der Waals surface area contributed by atoms with Gasteiger partial charge in [-0.3, -0.25) is 4.90 Å². The highest BCUT2D eigenvalue weighted by atomic mass is 16.5. The fourth-order valence-corrected chi connectivity index (χ4v) is 2.64. The summed E-state index contributed by atoms with van der Waals surface area (Å²) in [4.78, 5) is 20.4. The van der Waals surface area contributed by atoms with Crippen LogP contribution < -0.4 is 10.1 Å². The van der Waals surface area contributed by atoms with Crippen molar-refractivity contribution in [3.63, 3.8) is 0 Å². The summed E-state index contributed by atoms with van der Waals surface area (Å²) in [5.74, 6) is 0.512. The van der Waals surface area contributed by atoms with Gasteiger partial charge in [0, 0.05) is 38.3 Å².